The monoisotopic (exact) mass is 512 g/mol. The number of carbonyl (C=O) groups excluding carboxylic acids is 2. The molecule has 0 heterocycles. The lowest BCUT2D eigenvalue weighted by Crippen LogP contribution is -2.65. The van der Waals surface area contributed by atoms with Gasteiger partial charge in [-0.05, 0) is 59.8 Å². The molecule has 0 aromatic heterocycles. The first-order valence-electron chi connectivity index (χ1n) is 12.8. The minimum Gasteiger partial charge on any atom is -0.496 e. The number of hydrogen-bond acceptors (Lipinski definition) is 8. The van der Waals surface area contributed by atoms with Gasteiger partial charge in [-0.25, -0.2) is 4.79 Å². The van der Waals surface area contributed by atoms with E-state index in [0.29, 0.717) is 12.0 Å². The van der Waals surface area contributed by atoms with Crippen molar-refractivity contribution in [3.05, 3.63) is 47.1 Å². The Morgan fingerprint density at radius 1 is 1.16 bits per heavy atom. The lowest BCUT2D eigenvalue weighted by molar-refractivity contribution is -0.190. The molecule has 5 rings (SSSR count). The van der Waals surface area contributed by atoms with Gasteiger partial charge in [-0.15, -0.1) is 0 Å². The third-order valence-electron chi connectivity index (χ3n) is 9.75. The number of hydrogen-bond donors (Lipinski definition) is 3. The van der Waals surface area contributed by atoms with Crippen molar-refractivity contribution in [1.29, 1.82) is 0 Å². The van der Waals surface area contributed by atoms with E-state index in [-0.39, 0.29) is 51.6 Å². The lowest BCUT2D eigenvalue weighted by atomic mass is 9.59. The number of aliphatic hydroxyl groups is 3. The Labute approximate surface area is 216 Å². The Hall–Kier alpha value is -2.68. The minimum atomic E-state index is -2.21. The van der Waals surface area contributed by atoms with Crippen molar-refractivity contribution >= 4 is 11.8 Å². The van der Waals surface area contributed by atoms with Crippen molar-refractivity contribution in [1.82, 2.24) is 0 Å². The van der Waals surface area contributed by atoms with Crippen molar-refractivity contribution in [2.24, 2.45) is 34.5 Å². The van der Waals surface area contributed by atoms with Crippen molar-refractivity contribution in [2.75, 3.05) is 20.8 Å². The van der Waals surface area contributed by atoms with Crippen LogP contribution in [0, 0.1) is 34.5 Å². The Balaban J connectivity index is 1.64. The van der Waals surface area contributed by atoms with E-state index in [2.05, 4.69) is 13.8 Å². The number of carbonyl (C=O) groups is 2. The summed E-state index contributed by atoms with van der Waals surface area (Å²) in [6.07, 6.45) is 1.08. The van der Waals surface area contributed by atoms with Crippen LogP contribution in [0.2, 0.25) is 0 Å². The van der Waals surface area contributed by atoms with Gasteiger partial charge < -0.3 is 29.5 Å². The first kappa shape index (κ1) is 25.9. The van der Waals surface area contributed by atoms with E-state index in [1.54, 1.807) is 37.3 Å². The van der Waals surface area contributed by atoms with E-state index in [1.807, 2.05) is 6.92 Å². The van der Waals surface area contributed by atoms with Gasteiger partial charge in [0.25, 0.3) is 0 Å². The van der Waals surface area contributed by atoms with Crippen LogP contribution < -0.4 is 9.47 Å². The number of fused-ring (bicyclic) bond motifs is 3. The summed E-state index contributed by atoms with van der Waals surface area (Å²) in [5.41, 5.74) is -3.10. The van der Waals surface area contributed by atoms with Gasteiger partial charge in [0, 0.05) is 5.92 Å². The summed E-state index contributed by atoms with van der Waals surface area (Å²) in [7, 11) is 2.84. The average Bonchev–Trinajstić information content (AvgIpc) is 3.36. The summed E-state index contributed by atoms with van der Waals surface area (Å²) in [5.74, 6) is -1.17. The number of methoxy groups -OCH3 is 2. The molecule has 3 N–H and O–H groups in total. The number of ether oxygens (including phenoxy) is 3. The zero-order valence-corrected chi connectivity index (χ0v) is 22.1. The van der Waals surface area contributed by atoms with Crippen LogP contribution >= 0.6 is 0 Å². The second-order valence-electron chi connectivity index (χ2n) is 11.7. The fraction of sp³-hybridized carbons (Fsp3) is 0.586. The molecule has 2 saturated carbocycles. The van der Waals surface area contributed by atoms with Gasteiger partial charge >= 0.3 is 5.97 Å². The van der Waals surface area contributed by atoms with E-state index < -0.39 is 41.7 Å². The summed E-state index contributed by atoms with van der Waals surface area (Å²) in [4.78, 5) is 28.0. The molecule has 37 heavy (non-hydrogen) atoms. The zero-order valence-electron chi connectivity index (χ0n) is 22.1. The third kappa shape index (κ3) is 3.18. The largest absolute Gasteiger partial charge is 0.496 e. The summed E-state index contributed by atoms with van der Waals surface area (Å²) in [6, 6.07) is 4.86. The molecule has 1 spiro atoms. The highest BCUT2D eigenvalue weighted by molar-refractivity contribution is 5.97. The van der Waals surface area contributed by atoms with Gasteiger partial charge in [-0.3, -0.25) is 4.79 Å². The SMILES string of the molecule is COc1cccc(OC)c1C(=O)O[C@H]1C(C)=C[C@]23C(=O)C(C=C(CO)[C@@H](O)[C@]12O)[C@H]1[C@@H](C[C@H]3C)C1(C)C. The molecule has 0 saturated heterocycles. The quantitative estimate of drug-likeness (QED) is 0.407. The van der Waals surface area contributed by atoms with Crippen LogP contribution in [0.1, 0.15) is 44.5 Å². The predicted molar refractivity (Wildman–Crippen MR) is 134 cm³/mol. The molecule has 8 nitrogen and oxygen atoms in total. The van der Waals surface area contributed by atoms with E-state index in [9.17, 15) is 24.9 Å². The smallest absolute Gasteiger partial charge is 0.346 e. The van der Waals surface area contributed by atoms with Crippen LogP contribution in [0.5, 0.6) is 11.5 Å². The number of aliphatic hydroxyl groups excluding tert-OH is 2. The summed E-state index contributed by atoms with van der Waals surface area (Å²) in [6.45, 7) is 7.36. The maximum absolute atomic E-state index is 14.4. The lowest BCUT2D eigenvalue weighted by Gasteiger charge is -2.48. The molecule has 0 amide bonds. The van der Waals surface area contributed by atoms with Gasteiger partial charge in [-0.2, -0.15) is 0 Å². The van der Waals surface area contributed by atoms with Gasteiger partial charge in [-0.1, -0.05) is 39.0 Å². The van der Waals surface area contributed by atoms with Gasteiger partial charge in [0.05, 0.1) is 26.2 Å². The number of esters is 1. The molecule has 2 bridgehead atoms. The average molecular weight is 513 g/mol. The van der Waals surface area contributed by atoms with Crippen molar-refractivity contribution < 1.29 is 39.1 Å². The molecule has 8 heteroatoms. The Morgan fingerprint density at radius 3 is 2.35 bits per heavy atom. The van der Waals surface area contributed by atoms with Crippen LogP contribution in [0.15, 0.2) is 41.5 Å². The van der Waals surface area contributed by atoms with Gasteiger partial charge in [0.1, 0.15) is 23.2 Å². The molecular weight excluding hydrogens is 476 g/mol. The third-order valence-corrected chi connectivity index (χ3v) is 9.75. The zero-order chi connectivity index (χ0) is 27.1. The highest BCUT2D eigenvalue weighted by atomic mass is 16.6. The molecule has 0 aliphatic heterocycles. The standard InChI is InChI=1S/C29H36O8/c1-14-12-28-15(2)10-18-22(27(18,3)4)17(24(28)32)11-16(13-30)23(31)29(28,34)25(14)37-26(33)21-19(35-5)8-7-9-20(21)36-6/h7-9,11-12,15,17-18,22-23,25,30-31,34H,10,13H2,1-6H3/t15-,17?,18-,22+,23-,25+,28+,29+/m1/s1. The molecular formula is C29H36O8. The number of allylic oxidation sites excluding steroid dienone is 1. The molecule has 8 atom stereocenters. The van der Waals surface area contributed by atoms with Gasteiger partial charge in [0.2, 0.25) is 0 Å². The summed E-state index contributed by atoms with van der Waals surface area (Å²) >= 11 is 0. The highest BCUT2D eigenvalue weighted by Crippen LogP contribution is 2.71. The Morgan fingerprint density at radius 2 is 1.78 bits per heavy atom. The van der Waals surface area contributed by atoms with Crippen molar-refractivity contribution in [2.45, 2.75) is 51.9 Å². The van der Waals surface area contributed by atoms with E-state index >= 15 is 0 Å². The predicted octanol–water partition coefficient (Wildman–Crippen LogP) is 2.70. The number of rotatable bonds is 5. The maximum atomic E-state index is 14.4. The van der Waals surface area contributed by atoms with Crippen LogP contribution in [0.25, 0.3) is 0 Å². The Kier molecular flexibility index (Phi) is 5.90. The Bertz CT molecular complexity index is 1190. The van der Waals surface area contributed by atoms with Crippen molar-refractivity contribution in [3.63, 3.8) is 0 Å². The summed E-state index contributed by atoms with van der Waals surface area (Å²) in [5, 5.41) is 34.4. The first-order chi connectivity index (χ1) is 17.4. The molecule has 2 fully saturated rings. The summed E-state index contributed by atoms with van der Waals surface area (Å²) < 4.78 is 16.7. The van der Waals surface area contributed by atoms with Crippen LogP contribution in [0.4, 0.5) is 0 Å². The molecule has 0 radical (unpaired) electrons. The van der Waals surface area contributed by atoms with Crippen molar-refractivity contribution in [3.8, 4) is 11.5 Å². The number of benzene rings is 1. The topological polar surface area (TPSA) is 123 Å². The second kappa shape index (κ2) is 8.41. The second-order valence-corrected chi connectivity index (χ2v) is 11.7. The van der Waals surface area contributed by atoms with E-state index in [1.165, 1.54) is 14.2 Å². The molecule has 1 aromatic carbocycles. The molecule has 200 valence electrons. The van der Waals surface area contributed by atoms with Crippen LogP contribution in [0.3, 0.4) is 0 Å². The minimum absolute atomic E-state index is 0.0343. The van der Waals surface area contributed by atoms with E-state index in [4.69, 9.17) is 14.2 Å². The van der Waals surface area contributed by atoms with E-state index in [0.717, 1.165) is 0 Å². The van der Waals surface area contributed by atoms with Crippen LogP contribution in [-0.4, -0.2) is 65.7 Å². The highest BCUT2D eigenvalue weighted by Gasteiger charge is 2.76. The number of ketones is 1. The normalized spacial score (nSPS) is 39.3. The first-order valence-corrected chi connectivity index (χ1v) is 12.8. The molecule has 4 aliphatic rings. The molecule has 4 aliphatic carbocycles. The maximum Gasteiger partial charge on any atom is 0.346 e. The fourth-order valence-electron chi connectivity index (χ4n) is 7.81. The molecule has 1 unspecified atom stereocenters. The molecule has 1 aromatic rings. The van der Waals surface area contributed by atoms with Gasteiger partial charge in [0.15, 0.2) is 17.5 Å². The van der Waals surface area contributed by atoms with Crippen LogP contribution in [-0.2, 0) is 9.53 Å². The number of Topliss-reactive ketones (excluding diaryl/α,β-unsaturated/α-hetero) is 1. The fourth-order valence-corrected chi connectivity index (χ4v) is 7.81.